The Labute approximate surface area is 102 Å². The summed E-state index contributed by atoms with van der Waals surface area (Å²) in [4.78, 5) is 0. The Balaban J connectivity index is 2.40. The van der Waals surface area contributed by atoms with Crippen molar-refractivity contribution in [3.05, 3.63) is 41.2 Å². The molecule has 0 saturated carbocycles. The van der Waals surface area contributed by atoms with Gasteiger partial charge < -0.3 is 5.32 Å². The third kappa shape index (κ3) is 2.22. The maximum atomic E-state index is 4.24. The molecule has 2 rings (SSSR count). The van der Waals surface area contributed by atoms with Crippen molar-refractivity contribution < 1.29 is 0 Å². The van der Waals surface area contributed by atoms with Crippen LogP contribution in [0, 0.1) is 13.8 Å². The van der Waals surface area contributed by atoms with Crippen molar-refractivity contribution in [2.45, 2.75) is 26.8 Å². The molecule has 1 N–H and O–H groups in total. The van der Waals surface area contributed by atoms with Gasteiger partial charge in [0.15, 0.2) is 0 Å². The molecular weight excluding hydrogens is 212 g/mol. The van der Waals surface area contributed by atoms with Gasteiger partial charge in [0, 0.05) is 0 Å². The minimum atomic E-state index is 0.217. The SMILES string of the molecule is CNC(C)c1nnn(-c2ccc(C)cc2)c1C. The van der Waals surface area contributed by atoms with Crippen molar-refractivity contribution in [1.29, 1.82) is 0 Å². The molecule has 90 valence electrons. The Morgan fingerprint density at radius 2 is 1.82 bits per heavy atom. The number of hydrogen-bond acceptors (Lipinski definition) is 3. The number of nitrogens with one attached hydrogen (secondary N) is 1. The van der Waals surface area contributed by atoms with E-state index in [0.717, 1.165) is 17.1 Å². The smallest absolute Gasteiger partial charge is 0.103 e. The lowest BCUT2D eigenvalue weighted by Crippen LogP contribution is -2.14. The highest BCUT2D eigenvalue weighted by molar-refractivity contribution is 5.35. The van der Waals surface area contributed by atoms with Crippen LogP contribution in [0.15, 0.2) is 24.3 Å². The lowest BCUT2D eigenvalue weighted by Gasteiger charge is -2.08. The van der Waals surface area contributed by atoms with Crippen LogP contribution >= 0.6 is 0 Å². The lowest BCUT2D eigenvalue weighted by atomic mass is 10.2. The van der Waals surface area contributed by atoms with Crippen LogP contribution in [0.3, 0.4) is 0 Å². The number of aromatic nitrogens is 3. The van der Waals surface area contributed by atoms with Crippen molar-refractivity contribution in [3.63, 3.8) is 0 Å². The fourth-order valence-corrected chi connectivity index (χ4v) is 1.81. The Bertz CT molecular complexity index is 499. The Morgan fingerprint density at radius 3 is 2.41 bits per heavy atom. The third-order valence-electron chi connectivity index (χ3n) is 3.05. The highest BCUT2D eigenvalue weighted by Crippen LogP contribution is 2.17. The first-order valence-electron chi connectivity index (χ1n) is 5.80. The van der Waals surface area contributed by atoms with Gasteiger partial charge in [-0.1, -0.05) is 22.9 Å². The van der Waals surface area contributed by atoms with E-state index in [1.165, 1.54) is 5.56 Å². The highest BCUT2D eigenvalue weighted by Gasteiger charge is 2.14. The van der Waals surface area contributed by atoms with Crippen LogP contribution in [-0.2, 0) is 0 Å². The summed E-state index contributed by atoms with van der Waals surface area (Å²) in [7, 11) is 1.93. The van der Waals surface area contributed by atoms with Crippen LogP contribution in [0.25, 0.3) is 5.69 Å². The van der Waals surface area contributed by atoms with Gasteiger partial charge >= 0.3 is 0 Å². The largest absolute Gasteiger partial charge is 0.312 e. The van der Waals surface area contributed by atoms with E-state index in [-0.39, 0.29) is 6.04 Å². The number of benzene rings is 1. The Hall–Kier alpha value is -1.68. The van der Waals surface area contributed by atoms with Crippen molar-refractivity contribution in [3.8, 4) is 5.69 Å². The molecule has 4 heteroatoms. The molecular formula is C13H18N4. The molecule has 0 aliphatic carbocycles. The van der Waals surface area contributed by atoms with E-state index in [1.807, 2.05) is 18.7 Å². The van der Waals surface area contributed by atoms with E-state index in [2.05, 4.69) is 53.7 Å². The van der Waals surface area contributed by atoms with Gasteiger partial charge in [-0.2, -0.15) is 0 Å². The number of nitrogens with zero attached hydrogens (tertiary/aromatic N) is 3. The van der Waals surface area contributed by atoms with Crippen LogP contribution in [0.4, 0.5) is 0 Å². The number of hydrogen-bond donors (Lipinski definition) is 1. The average molecular weight is 230 g/mol. The van der Waals surface area contributed by atoms with Crippen molar-refractivity contribution >= 4 is 0 Å². The van der Waals surface area contributed by atoms with Gasteiger partial charge in [0.1, 0.15) is 5.69 Å². The fraction of sp³-hybridized carbons (Fsp3) is 0.385. The van der Waals surface area contributed by atoms with Gasteiger partial charge in [0.25, 0.3) is 0 Å². The summed E-state index contributed by atoms with van der Waals surface area (Å²) >= 11 is 0. The predicted molar refractivity (Wildman–Crippen MR) is 68.3 cm³/mol. The average Bonchev–Trinajstić information content (AvgIpc) is 2.71. The van der Waals surface area contributed by atoms with Crippen LogP contribution in [0.1, 0.15) is 29.9 Å². The van der Waals surface area contributed by atoms with Gasteiger partial charge in [-0.3, -0.25) is 0 Å². The maximum absolute atomic E-state index is 4.24. The Kier molecular flexibility index (Phi) is 3.24. The molecule has 0 bridgehead atoms. The molecule has 1 aromatic carbocycles. The lowest BCUT2D eigenvalue weighted by molar-refractivity contribution is 0.627. The summed E-state index contributed by atoms with van der Waals surface area (Å²) in [6.07, 6.45) is 0. The summed E-state index contributed by atoms with van der Waals surface area (Å²) in [5.41, 5.74) is 4.37. The normalized spacial score (nSPS) is 12.7. The summed E-state index contributed by atoms with van der Waals surface area (Å²) in [5.74, 6) is 0. The monoisotopic (exact) mass is 230 g/mol. The maximum Gasteiger partial charge on any atom is 0.103 e. The first kappa shape index (κ1) is 11.8. The van der Waals surface area contributed by atoms with Gasteiger partial charge in [0.2, 0.25) is 0 Å². The fourth-order valence-electron chi connectivity index (χ4n) is 1.81. The van der Waals surface area contributed by atoms with E-state index in [4.69, 9.17) is 0 Å². The molecule has 1 unspecified atom stereocenters. The zero-order valence-electron chi connectivity index (χ0n) is 10.7. The molecule has 0 aliphatic rings. The van der Waals surface area contributed by atoms with E-state index in [9.17, 15) is 0 Å². The summed E-state index contributed by atoms with van der Waals surface area (Å²) in [6.45, 7) is 6.20. The van der Waals surface area contributed by atoms with Gasteiger partial charge in [-0.15, -0.1) is 5.10 Å². The first-order chi connectivity index (χ1) is 8.13. The molecule has 1 aromatic heterocycles. The second-order valence-electron chi connectivity index (χ2n) is 4.32. The van der Waals surface area contributed by atoms with E-state index >= 15 is 0 Å². The van der Waals surface area contributed by atoms with E-state index in [1.54, 1.807) is 0 Å². The molecule has 0 fully saturated rings. The number of aryl methyl sites for hydroxylation is 1. The summed E-state index contributed by atoms with van der Waals surface area (Å²) in [6, 6.07) is 8.50. The van der Waals surface area contributed by atoms with Gasteiger partial charge in [-0.25, -0.2) is 4.68 Å². The quantitative estimate of drug-likeness (QED) is 0.878. The molecule has 0 aliphatic heterocycles. The molecule has 0 spiro atoms. The van der Waals surface area contributed by atoms with Crippen LogP contribution in [0.2, 0.25) is 0 Å². The van der Waals surface area contributed by atoms with E-state index < -0.39 is 0 Å². The number of rotatable bonds is 3. The molecule has 1 heterocycles. The molecule has 0 radical (unpaired) electrons. The molecule has 4 nitrogen and oxygen atoms in total. The minimum Gasteiger partial charge on any atom is -0.312 e. The Morgan fingerprint density at radius 1 is 1.18 bits per heavy atom. The van der Waals surface area contributed by atoms with E-state index in [0.29, 0.717) is 0 Å². The van der Waals surface area contributed by atoms with Gasteiger partial charge in [-0.05, 0) is 40.0 Å². The highest BCUT2D eigenvalue weighted by atomic mass is 15.4. The molecule has 2 aromatic rings. The van der Waals surface area contributed by atoms with Crippen molar-refractivity contribution in [2.75, 3.05) is 7.05 Å². The zero-order valence-corrected chi connectivity index (χ0v) is 10.7. The molecule has 1 atom stereocenters. The second kappa shape index (κ2) is 4.67. The van der Waals surface area contributed by atoms with Crippen LogP contribution in [0.5, 0.6) is 0 Å². The molecule has 0 amide bonds. The first-order valence-corrected chi connectivity index (χ1v) is 5.80. The molecule has 0 saturated heterocycles. The van der Waals surface area contributed by atoms with Crippen molar-refractivity contribution in [1.82, 2.24) is 20.3 Å². The van der Waals surface area contributed by atoms with Crippen LogP contribution in [-0.4, -0.2) is 22.0 Å². The predicted octanol–water partition coefficient (Wildman–Crippen LogP) is 2.16. The van der Waals surface area contributed by atoms with Crippen LogP contribution < -0.4 is 5.32 Å². The third-order valence-corrected chi connectivity index (χ3v) is 3.05. The second-order valence-corrected chi connectivity index (χ2v) is 4.32. The summed E-state index contributed by atoms with van der Waals surface area (Å²) < 4.78 is 1.88. The van der Waals surface area contributed by atoms with Crippen molar-refractivity contribution in [2.24, 2.45) is 0 Å². The summed E-state index contributed by atoms with van der Waals surface area (Å²) in [5, 5.41) is 11.6. The van der Waals surface area contributed by atoms with Gasteiger partial charge in [0.05, 0.1) is 17.4 Å². The molecule has 17 heavy (non-hydrogen) atoms. The zero-order chi connectivity index (χ0) is 12.4. The topological polar surface area (TPSA) is 42.7 Å². The standard InChI is InChI=1S/C13H18N4/c1-9-5-7-12(8-6-9)17-11(3)13(15-16-17)10(2)14-4/h5-8,10,14H,1-4H3. The minimum absolute atomic E-state index is 0.217.